The van der Waals surface area contributed by atoms with Gasteiger partial charge in [0, 0.05) is 50.9 Å². The first-order valence-corrected chi connectivity index (χ1v) is 11.4. The third-order valence-corrected chi connectivity index (χ3v) is 5.31. The Bertz CT molecular complexity index is 870. The number of carbonyl (C=O) groups is 1. The number of rotatable bonds is 9. The number of halogens is 1. The van der Waals surface area contributed by atoms with Crippen molar-refractivity contribution >= 4 is 41.5 Å². The Balaban J connectivity index is 0.00000385. The van der Waals surface area contributed by atoms with E-state index in [-0.39, 0.29) is 29.9 Å². The highest BCUT2D eigenvalue weighted by Crippen LogP contribution is 2.17. The number of anilines is 1. The molecule has 0 atom stereocenters. The van der Waals surface area contributed by atoms with Crippen LogP contribution in [0.15, 0.2) is 59.6 Å². The van der Waals surface area contributed by atoms with Crippen LogP contribution in [0.3, 0.4) is 0 Å². The fraction of sp³-hybridized carbons (Fsp3) is 0.440. The molecule has 2 aromatic rings. The van der Waals surface area contributed by atoms with Crippen LogP contribution in [0.25, 0.3) is 0 Å². The fourth-order valence-corrected chi connectivity index (χ4v) is 3.78. The summed E-state index contributed by atoms with van der Waals surface area (Å²) in [6.45, 7) is 8.58. The Morgan fingerprint density at radius 3 is 2.58 bits per heavy atom. The predicted octanol–water partition coefficient (Wildman–Crippen LogP) is 3.86. The number of nitrogens with zero attached hydrogens (tertiary/aromatic N) is 2. The number of carbonyl (C=O) groups excluding carboxylic acids is 1. The van der Waals surface area contributed by atoms with Crippen LogP contribution in [0.2, 0.25) is 0 Å². The van der Waals surface area contributed by atoms with Crippen molar-refractivity contribution in [1.82, 2.24) is 15.5 Å². The van der Waals surface area contributed by atoms with E-state index in [1.54, 1.807) is 0 Å². The second-order valence-corrected chi connectivity index (χ2v) is 8.00. The number of benzene rings is 2. The summed E-state index contributed by atoms with van der Waals surface area (Å²) < 4.78 is 5.80. The molecule has 1 aliphatic rings. The summed E-state index contributed by atoms with van der Waals surface area (Å²) >= 11 is 0. The first kappa shape index (κ1) is 26.9. The van der Waals surface area contributed by atoms with Crippen LogP contribution in [0.1, 0.15) is 32.3 Å². The van der Waals surface area contributed by atoms with Crippen molar-refractivity contribution in [3.8, 4) is 5.75 Å². The standard InChI is InChI=1S/C25H35N5O2.HI/c1-3-26-25(27-14-17-32-24-11-7-10-23(18-24)28-20(2)31)29-22-12-15-30(16-13-22)19-21-8-5-4-6-9-21;/h4-11,18,22H,3,12-17,19H2,1-2H3,(H,28,31)(H2,26,27,29);1H. The van der Waals surface area contributed by atoms with Crippen molar-refractivity contribution in [2.75, 3.05) is 38.1 Å². The molecule has 2 aromatic carbocycles. The average molecular weight is 566 g/mol. The number of amides is 1. The number of hydrogen-bond donors (Lipinski definition) is 3. The Morgan fingerprint density at radius 1 is 1.12 bits per heavy atom. The zero-order valence-electron chi connectivity index (χ0n) is 19.5. The van der Waals surface area contributed by atoms with Gasteiger partial charge in [0.15, 0.2) is 5.96 Å². The summed E-state index contributed by atoms with van der Waals surface area (Å²) in [5, 5.41) is 9.68. The maximum atomic E-state index is 11.2. The topological polar surface area (TPSA) is 78.0 Å². The highest BCUT2D eigenvalue weighted by Gasteiger charge is 2.20. The van der Waals surface area contributed by atoms with Crippen LogP contribution in [0, 0.1) is 0 Å². The van der Waals surface area contributed by atoms with Gasteiger partial charge < -0.3 is 20.7 Å². The highest BCUT2D eigenvalue weighted by molar-refractivity contribution is 14.0. The zero-order valence-corrected chi connectivity index (χ0v) is 21.9. The molecule has 1 fully saturated rings. The number of piperidine rings is 1. The van der Waals surface area contributed by atoms with Crippen LogP contribution >= 0.6 is 24.0 Å². The molecule has 33 heavy (non-hydrogen) atoms. The molecule has 1 saturated heterocycles. The molecular weight excluding hydrogens is 529 g/mol. The highest BCUT2D eigenvalue weighted by atomic mass is 127. The van der Waals surface area contributed by atoms with Crippen molar-refractivity contribution in [3.63, 3.8) is 0 Å². The van der Waals surface area contributed by atoms with E-state index in [2.05, 4.69) is 63.1 Å². The summed E-state index contributed by atoms with van der Waals surface area (Å²) in [6.07, 6.45) is 2.20. The van der Waals surface area contributed by atoms with E-state index >= 15 is 0 Å². The lowest BCUT2D eigenvalue weighted by Crippen LogP contribution is -2.48. The monoisotopic (exact) mass is 565 g/mol. The van der Waals surface area contributed by atoms with E-state index in [4.69, 9.17) is 4.74 Å². The molecule has 1 amide bonds. The number of ether oxygens (including phenoxy) is 1. The molecule has 0 radical (unpaired) electrons. The molecule has 8 heteroatoms. The van der Waals surface area contributed by atoms with Crippen molar-refractivity contribution in [1.29, 1.82) is 0 Å². The summed E-state index contributed by atoms with van der Waals surface area (Å²) in [6, 6.07) is 18.5. The van der Waals surface area contributed by atoms with Gasteiger partial charge in [0.1, 0.15) is 12.4 Å². The molecule has 0 saturated carbocycles. The molecule has 0 bridgehead atoms. The van der Waals surface area contributed by atoms with E-state index in [0.717, 1.165) is 56.4 Å². The molecule has 3 N–H and O–H groups in total. The summed E-state index contributed by atoms with van der Waals surface area (Å²) in [5.41, 5.74) is 2.10. The van der Waals surface area contributed by atoms with Gasteiger partial charge in [0.05, 0.1) is 6.54 Å². The number of hydrogen-bond acceptors (Lipinski definition) is 4. The van der Waals surface area contributed by atoms with Crippen molar-refractivity contribution in [2.24, 2.45) is 4.99 Å². The molecule has 7 nitrogen and oxygen atoms in total. The minimum absolute atomic E-state index is 0. The Kier molecular flexibility index (Phi) is 12.0. The normalized spacial score (nSPS) is 14.8. The second kappa shape index (κ2) is 14.7. The largest absolute Gasteiger partial charge is 0.492 e. The van der Waals surface area contributed by atoms with Crippen LogP contribution in [-0.4, -0.2) is 55.6 Å². The van der Waals surface area contributed by atoms with E-state index in [1.165, 1.54) is 12.5 Å². The molecular formula is C25H36IN5O2. The lowest BCUT2D eigenvalue weighted by molar-refractivity contribution is -0.114. The molecule has 1 heterocycles. The minimum Gasteiger partial charge on any atom is -0.492 e. The minimum atomic E-state index is -0.0981. The van der Waals surface area contributed by atoms with Crippen molar-refractivity contribution in [2.45, 2.75) is 39.3 Å². The van der Waals surface area contributed by atoms with E-state index in [1.807, 2.05) is 24.3 Å². The predicted molar refractivity (Wildman–Crippen MR) is 146 cm³/mol. The van der Waals surface area contributed by atoms with Gasteiger partial charge in [0.25, 0.3) is 0 Å². The SMILES string of the molecule is CCNC(=NCCOc1cccc(NC(C)=O)c1)NC1CCN(Cc2ccccc2)CC1.I. The van der Waals surface area contributed by atoms with Gasteiger partial charge in [-0.25, -0.2) is 4.99 Å². The van der Waals surface area contributed by atoms with Gasteiger partial charge >= 0.3 is 0 Å². The number of likely N-dealkylation sites (tertiary alicyclic amines) is 1. The van der Waals surface area contributed by atoms with Crippen LogP contribution in [-0.2, 0) is 11.3 Å². The summed E-state index contributed by atoms with van der Waals surface area (Å²) in [7, 11) is 0. The first-order chi connectivity index (χ1) is 15.6. The fourth-order valence-electron chi connectivity index (χ4n) is 3.78. The van der Waals surface area contributed by atoms with Gasteiger partial charge in [-0.2, -0.15) is 0 Å². The van der Waals surface area contributed by atoms with Crippen LogP contribution in [0.4, 0.5) is 5.69 Å². The number of nitrogens with one attached hydrogen (secondary N) is 3. The molecule has 3 rings (SSSR count). The third-order valence-electron chi connectivity index (χ3n) is 5.31. The quantitative estimate of drug-likeness (QED) is 0.186. The maximum absolute atomic E-state index is 11.2. The molecule has 0 aromatic heterocycles. The molecule has 1 aliphatic heterocycles. The molecule has 180 valence electrons. The van der Waals surface area contributed by atoms with Crippen molar-refractivity contribution < 1.29 is 9.53 Å². The average Bonchev–Trinajstić information content (AvgIpc) is 2.79. The zero-order chi connectivity index (χ0) is 22.6. The maximum Gasteiger partial charge on any atom is 0.221 e. The van der Waals surface area contributed by atoms with E-state index in [9.17, 15) is 4.79 Å². The Hall–Kier alpha value is -2.33. The van der Waals surface area contributed by atoms with Crippen LogP contribution in [0.5, 0.6) is 5.75 Å². The molecule has 0 aliphatic carbocycles. The van der Waals surface area contributed by atoms with Gasteiger partial charge in [-0.3, -0.25) is 9.69 Å². The molecule has 0 spiro atoms. The summed E-state index contributed by atoms with van der Waals surface area (Å²) in [4.78, 5) is 18.4. The third kappa shape index (κ3) is 10.00. The van der Waals surface area contributed by atoms with Gasteiger partial charge in [-0.15, -0.1) is 24.0 Å². The molecule has 0 unspecified atom stereocenters. The van der Waals surface area contributed by atoms with Gasteiger partial charge in [0.2, 0.25) is 5.91 Å². The second-order valence-electron chi connectivity index (χ2n) is 8.00. The number of aliphatic imine (C=N–C) groups is 1. The smallest absolute Gasteiger partial charge is 0.221 e. The lowest BCUT2D eigenvalue weighted by atomic mass is 10.0. The van der Waals surface area contributed by atoms with Crippen LogP contribution < -0.4 is 20.7 Å². The van der Waals surface area contributed by atoms with Gasteiger partial charge in [-0.05, 0) is 37.5 Å². The Labute approximate surface area is 214 Å². The van der Waals surface area contributed by atoms with E-state index < -0.39 is 0 Å². The first-order valence-electron chi connectivity index (χ1n) is 11.4. The summed E-state index contributed by atoms with van der Waals surface area (Å²) in [5.74, 6) is 1.46. The Morgan fingerprint density at radius 2 is 1.88 bits per heavy atom. The van der Waals surface area contributed by atoms with E-state index in [0.29, 0.717) is 19.2 Å². The number of guanidine groups is 1. The van der Waals surface area contributed by atoms with Gasteiger partial charge in [-0.1, -0.05) is 36.4 Å². The lowest BCUT2D eigenvalue weighted by Gasteiger charge is -2.33. The van der Waals surface area contributed by atoms with Crippen molar-refractivity contribution in [3.05, 3.63) is 60.2 Å².